The molecule has 0 saturated carbocycles. The van der Waals surface area contributed by atoms with Crippen molar-refractivity contribution in [3.05, 3.63) is 34.1 Å². The topological polar surface area (TPSA) is 44.4 Å². The molecule has 1 aliphatic heterocycles. The van der Waals surface area contributed by atoms with Crippen molar-refractivity contribution in [1.29, 1.82) is 0 Å². The molecule has 0 bridgehead atoms. The first-order valence-electron chi connectivity index (χ1n) is 6.67. The third-order valence-corrected chi connectivity index (χ3v) is 4.23. The lowest BCUT2D eigenvalue weighted by Crippen LogP contribution is -2.57. The number of hydrogen-bond acceptors (Lipinski definition) is 3. The van der Waals surface area contributed by atoms with Crippen LogP contribution in [0.1, 0.15) is 18.5 Å². The number of carbonyl (C=O) groups excluding carboxylic acids is 1. The number of amides is 1. The normalized spacial score (nSPS) is 21.5. The molecule has 0 aliphatic carbocycles. The van der Waals surface area contributed by atoms with Gasteiger partial charge < -0.3 is 10.6 Å². The monoisotopic (exact) mass is 343 g/mol. The summed E-state index contributed by atoms with van der Waals surface area (Å²) in [6, 6.07) is 4.48. The van der Waals surface area contributed by atoms with Gasteiger partial charge in [-0.05, 0) is 25.1 Å². The average Bonchev–Trinajstić information content (AvgIpc) is 2.48. The minimum atomic E-state index is -0.276. The summed E-state index contributed by atoms with van der Waals surface area (Å²) in [5.74, 6) is -0.283. The summed E-state index contributed by atoms with van der Waals surface area (Å²) in [6.07, 6.45) is 0. The van der Waals surface area contributed by atoms with Crippen LogP contribution in [0.25, 0.3) is 0 Å². The highest BCUT2D eigenvalue weighted by Gasteiger charge is 2.32. The predicted molar refractivity (Wildman–Crippen MR) is 79.9 cm³/mol. The number of hydrogen-bond donors (Lipinski definition) is 2. The molecule has 2 rings (SSSR count). The second-order valence-corrected chi connectivity index (χ2v) is 5.83. The third kappa shape index (κ3) is 3.19. The summed E-state index contributed by atoms with van der Waals surface area (Å²) in [4.78, 5) is 14.0. The van der Waals surface area contributed by atoms with E-state index in [0.29, 0.717) is 18.7 Å². The molecular weight excluding hydrogens is 325 g/mol. The van der Waals surface area contributed by atoms with E-state index in [1.54, 1.807) is 19.2 Å². The van der Waals surface area contributed by atoms with Gasteiger partial charge in [0.15, 0.2) is 0 Å². The molecule has 1 aromatic carbocycles. The zero-order valence-corrected chi connectivity index (χ0v) is 13.2. The molecule has 110 valence electrons. The van der Waals surface area contributed by atoms with Gasteiger partial charge in [0.2, 0.25) is 5.91 Å². The molecule has 1 fully saturated rings. The first-order valence-corrected chi connectivity index (χ1v) is 7.47. The lowest BCUT2D eigenvalue weighted by atomic mass is 10.0. The molecule has 0 radical (unpaired) electrons. The summed E-state index contributed by atoms with van der Waals surface area (Å²) in [7, 11) is 1.62. The van der Waals surface area contributed by atoms with Crippen molar-refractivity contribution in [2.45, 2.75) is 19.0 Å². The van der Waals surface area contributed by atoms with Crippen molar-refractivity contribution in [2.24, 2.45) is 0 Å². The average molecular weight is 344 g/mol. The second-order valence-electron chi connectivity index (χ2n) is 4.91. The molecule has 1 amide bonds. The minimum Gasteiger partial charge on any atom is -0.358 e. The summed E-state index contributed by atoms with van der Waals surface area (Å²) in [5, 5.41) is 5.88. The molecule has 6 heteroatoms. The number of halogens is 2. The molecule has 2 unspecified atom stereocenters. The van der Waals surface area contributed by atoms with Crippen molar-refractivity contribution >= 4 is 21.8 Å². The molecule has 2 atom stereocenters. The highest BCUT2D eigenvalue weighted by atomic mass is 79.9. The Morgan fingerprint density at radius 2 is 2.35 bits per heavy atom. The molecule has 1 heterocycles. The van der Waals surface area contributed by atoms with Crippen molar-refractivity contribution in [3.8, 4) is 0 Å². The van der Waals surface area contributed by atoms with Gasteiger partial charge in [-0.1, -0.05) is 15.9 Å². The van der Waals surface area contributed by atoms with Gasteiger partial charge >= 0.3 is 0 Å². The Balaban J connectivity index is 2.27. The largest absolute Gasteiger partial charge is 0.358 e. The predicted octanol–water partition coefficient (Wildman–Crippen LogP) is 1.67. The molecule has 0 spiro atoms. The van der Waals surface area contributed by atoms with E-state index in [0.717, 1.165) is 11.0 Å². The highest BCUT2D eigenvalue weighted by Crippen LogP contribution is 2.28. The Labute approximate surface area is 126 Å². The second kappa shape index (κ2) is 6.65. The number of benzene rings is 1. The van der Waals surface area contributed by atoms with Gasteiger partial charge in [0.1, 0.15) is 11.9 Å². The number of carbonyl (C=O) groups is 1. The summed E-state index contributed by atoms with van der Waals surface area (Å²) < 4.78 is 14.9. The van der Waals surface area contributed by atoms with E-state index in [1.807, 2.05) is 11.8 Å². The smallest absolute Gasteiger partial charge is 0.238 e. The van der Waals surface area contributed by atoms with Crippen LogP contribution in [0.3, 0.4) is 0 Å². The summed E-state index contributed by atoms with van der Waals surface area (Å²) >= 11 is 3.37. The Morgan fingerprint density at radius 3 is 3.05 bits per heavy atom. The standard InChI is InChI=1S/C14H19BrFN3O/c1-9(11-7-10(15)3-4-12(11)16)19-6-5-18-8-13(19)14(20)17-2/h3-4,7,9,13,18H,5-6,8H2,1-2H3,(H,17,20). The van der Waals surface area contributed by atoms with E-state index in [4.69, 9.17) is 0 Å². The fourth-order valence-electron chi connectivity index (χ4n) is 2.61. The Hall–Kier alpha value is -0.980. The number of nitrogens with zero attached hydrogens (tertiary/aromatic N) is 1. The van der Waals surface area contributed by atoms with E-state index < -0.39 is 0 Å². The van der Waals surface area contributed by atoms with Gasteiger partial charge in [-0.15, -0.1) is 0 Å². The van der Waals surface area contributed by atoms with Crippen molar-refractivity contribution in [1.82, 2.24) is 15.5 Å². The van der Waals surface area contributed by atoms with Crippen LogP contribution in [0.2, 0.25) is 0 Å². The van der Waals surface area contributed by atoms with Crippen LogP contribution in [-0.2, 0) is 4.79 Å². The third-order valence-electron chi connectivity index (χ3n) is 3.74. The fourth-order valence-corrected chi connectivity index (χ4v) is 2.99. The Bertz CT molecular complexity index is 497. The molecule has 1 aromatic rings. The highest BCUT2D eigenvalue weighted by molar-refractivity contribution is 9.10. The van der Waals surface area contributed by atoms with Gasteiger partial charge in [-0.3, -0.25) is 9.69 Å². The molecule has 1 saturated heterocycles. The lowest BCUT2D eigenvalue weighted by Gasteiger charge is -2.39. The molecule has 2 N–H and O–H groups in total. The SMILES string of the molecule is CNC(=O)C1CNCCN1C(C)c1cc(Br)ccc1F. The molecule has 20 heavy (non-hydrogen) atoms. The van der Waals surface area contributed by atoms with Gasteiger partial charge in [0.05, 0.1) is 0 Å². The summed E-state index contributed by atoms with van der Waals surface area (Å²) in [5.41, 5.74) is 0.607. The van der Waals surface area contributed by atoms with E-state index >= 15 is 0 Å². The van der Waals surface area contributed by atoms with Crippen LogP contribution >= 0.6 is 15.9 Å². The molecule has 0 aromatic heterocycles. The van der Waals surface area contributed by atoms with Gasteiger partial charge in [0.25, 0.3) is 0 Å². The number of piperazine rings is 1. The molecular formula is C14H19BrFN3O. The van der Waals surface area contributed by atoms with Crippen molar-refractivity contribution in [2.75, 3.05) is 26.7 Å². The lowest BCUT2D eigenvalue weighted by molar-refractivity contribution is -0.127. The van der Waals surface area contributed by atoms with E-state index in [9.17, 15) is 9.18 Å². The van der Waals surface area contributed by atoms with Gasteiger partial charge in [0, 0.05) is 42.8 Å². The van der Waals surface area contributed by atoms with E-state index in [1.165, 1.54) is 6.07 Å². The Kier molecular flexibility index (Phi) is 5.12. The summed E-state index contributed by atoms with van der Waals surface area (Å²) in [6.45, 7) is 4.03. The molecule has 1 aliphatic rings. The van der Waals surface area contributed by atoms with E-state index in [-0.39, 0.29) is 23.8 Å². The number of likely N-dealkylation sites (N-methyl/N-ethyl adjacent to an activating group) is 1. The van der Waals surface area contributed by atoms with E-state index in [2.05, 4.69) is 26.6 Å². The van der Waals surface area contributed by atoms with Crippen LogP contribution < -0.4 is 10.6 Å². The van der Waals surface area contributed by atoms with Gasteiger partial charge in [-0.25, -0.2) is 4.39 Å². The number of rotatable bonds is 3. The van der Waals surface area contributed by atoms with Crippen LogP contribution in [-0.4, -0.2) is 43.5 Å². The van der Waals surface area contributed by atoms with Crippen molar-refractivity contribution in [3.63, 3.8) is 0 Å². The van der Waals surface area contributed by atoms with Crippen LogP contribution in [0, 0.1) is 5.82 Å². The maximum atomic E-state index is 14.0. The van der Waals surface area contributed by atoms with Crippen molar-refractivity contribution < 1.29 is 9.18 Å². The minimum absolute atomic E-state index is 0.0422. The number of nitrogens with one attached hydrogen (secondary N) is 2. The molecule has 4 nitrogen and oxygen atoms in total. The quantitative estimate of drug-likeness (QED) is 0.877. The van der Waals surface area contributed by atoms with Gasteiger partial charge in [-0.2, -0.15) is 0 Å². The first kappa shape index (κ1) is 15.4. The maximum Gasteiger partial charge on any atom is 0.238 e. The zero-order valence-electron chi connectivity index (χ0n) is 11.6. The zero-order chi connectivity index (χ0) is 14.7. The van der Waals surface area contributed by atoms with Crippen LogP contribution in [0.5, 0.6) is 0 Å². The van der Waals surface area contributed by atoms with Crippen LogP contribution in [0.15, 0.2) is 22.7 Å². The maximum absolute atomic E-state index is 14.0. The Morgan fingerprint density at radius 1 is 1.60 bits per heavy atom. The fraction of sp³-hybridized carbons (Fsp3) is 0.500. The van der Waals surface area contributed by atoms with Crippen LogP contribution in [0.4, 0.5) is 4.39 Å². The first-order chi connectivity index (χ1) is 9.54.